The first-order valence-electron chi connectivity index (χ1n) is 8.40. The van der Waals surface area contributed by atoms with Crippen LogP contribution in [0.4, 0.5) is 5.82 Å². The maximum absolute atomic E-state index is 12.8. The average molecular weight is 337 g/mol. The van der Waals surface area contributed by atoms with E-state index in [4.69, 9.17) is 4.74 Å². The zero-order valence-electron chi connectivity index (χ0n) is 13.9. The second kappa shape index (κ2) is 6.60. The maximum atomic E-state index is 12.8. The van der Waals surface area contributed by atoms with Gasteiger partial charge in [0.05, 0.1) is 18.2 Å². The molecule has 0 saturated carbocycles. The van der Waals surface area contributed by atoms with Crippen molar-refractivity contribution < 1.29 is 9.53 Å². The summed E-state index contributed by atoms with van der Waals surface area (Å²) in [5, 5.41) is 9.05. The Morgan fingerprint density at radius 2 is 2.24 bits per heavy atom. The topological polar surface area (TPSA) is 81.9 Å². The number of hydrogen-bond acceptors (Lipinski definition) is 5. The summed E-state index contributed by atoms with van der Waals surface area (Å²) >= 11 is 0. The Morgan fingerprint density at radius 3 is 3.08 bits per heavy atom. The number of hydrogen-bond donors (Lipinski definition) is 1. The highest BCUT2D eigenvalue weighted by atomic mass is 16.5. The number of carbonyl (C=O) groups is 1. The quantitative estimate of drug-likeness (QED) is 0.791. The van der Waals surface area contributed by atoms with Crippen LogP contribution in [0.2, 0.25) is 0 Å². The van der Waals surface area contributed by atoms with Gasteiger partial charge in [0, 0.05) is 48.9 Å². The van der Waals surface area contributed by atoms with Gasteiger partial charge >= 0.3 is 0 Å². The minimum absolute atomic E-state index is 0.0874. The SMILES string of the molecule is CCn1cc([C@H]2OCC[C@@H]2C(=O)Nc2nccc3ccncc23)cn1. The molecular formula is C18H19N5O2. The molecule has 4 heterocycles. The number of ether oxygens (including phenoxy) is 1. The van der Waals surface area contributed by atoms with Crippen LogP contribution in [0.25, 0.3) is 10.8 Å². The van der Waals surface area contributed by atoms with Crippen molar-refractivity contribution in [3.05, 3.63) is 48.7 Å². The Balaban J connectivity index is 1.57. The molecule has 3 aromatic heterocycles. The predicted octanol–water partition coefficient (Wildman–Crippen LogP) is 2.56. The minimum Gasteiger partial charge on any atom is -0.373 e. The van der Waals surface area contributed by atoms with Crippen LogP contribution in [-0.2, 0) is 16.1 Å². The Morgan fingerprint density at radius 1 is 1.36 bits per heavy atom. The molecule has 7 nitrogen and oxygen atoms in total. The summed E-state index contributed by atoms with van der Waals surface area (Å²) in [6.07, 6.45) is 9.25. The molecule has 25 heavy (non-hydrogen) atoms. The third-order valence-corrected chi connectivity index (χ3v) is 4.54. The average Bonchev–Trinajstić information content (AvgIpc) is 3.31. The molecule has 0 radical (unpaired) electrons. The standard InChI is InChI=1S/C18H19N5O2/c1-2-23-11-13(9-21-23)16-14(5-8-25-16)18(24)22-17-15-10-19-6-3-12(15)4-7-20-17/h3-4,6-7,9-11,14,16H,2,5,8H2,1H3,(H,20,22,24)/t14-,16+/m0/s1. The van der Waals surface area contributed by atoms with Crippen molar-refractivity contribution >= 4 is 22.5 Å². The molecule has 0 spiro atoms. The number of anilines is 1. The predicted molar refractivity (Wildman–Crippen MR) is 92.9 cm³/mol. The summed E-state index contributed by atoms with van der Waals surface area (Å²) in [6, 6.07) is 3.79. The Kier molecular flexibility index (Phi) is 4.15. The summed E-state index contributed by atoms with van der Waals surface area (Å²) < 4.78 is 7.65. The molecular weight excluding hydrogens is 318 g/mol. The zero-order chi connectivity index (χ0) is 17.2. The molecule has 0 aromatic carbocycles. The first kappa shape index (κ1) is 15.7. The molecule has 1 fully saturated rings. The second-order valence-electron chi connectivity index (χ2n) is 6.06. The molecule has 7 heteroatoms. The third-order valence-electron chi connectivity index (χ3n) is 4.54. The smallest absolute Gasteiger partial charge is 0.231 e. The Bertz CT molecular complexity index is 902. The van der Waals surface area contributed by atoms with E-state index in [1.165, 1.54) is 0 Å². The minimum atomic E-state index is -0.270. The van der Waals surface area contributed by atoms with Crippen LogP contribution >= 0.6 is 0 Å². The summed E-state index contributed by atoms with van der Waals surface area (Å²) in [5.74, 6) is 0.185. The van der Waals surface area contributed by atoms with Crippen LogP contribution in [-0.4, -0.2) is 32.3 Å². The second-order valence-corrected chi connectivity index (χ2v) is 6.06. The molecule has 1 aliphatic heterocycles. The summed E-state index contributed by atoms with van der Waals surface area (Å²) in [7, 11) is 0. The van der Waals surface area contributed by atoms with Gasteiger partial charge < -0.3 is 10.1 Å². The largest absolute Gasteiger partial charge is 0.373 e. The van der Waals surface area contributed by atoms with Crippen molar-refractivity contribution in [1.29, 1.82) is 0 Å². The van der Waals surface area contributed by atoms with Gasteiger partial charge in [-0.2, -0.15) is 5.10 Å². The van der Waals surface area contributed by atoms with E-state index in [0.29, 0.717) is 18.8 Å². The molecule has 4 rings (SSSR count). The molecule has 0 aliphatic carbocycles. The zero-order valence-corrected chi connectivity index (χ0v) is 13.9. The maximum Gasteiger partial charge on any atom is 0.231 e. The van der Waals surface area contributed by atoms with Gasteiger partial charge in [-0.3, -0.25) is 14.5 Å². The fraction of sp³-hybridized carbons (Fsp3) is 0.333. The van der Waals surface area contributed by atoms with Crippen molar-refractivity contribution in [1.82, 2.24) is 19.7 Å². The van der Waals surface area contributed by atoms with E-state index in [0.717, 1.165) is 22.9 Å². The fourth-order valence-corrected chi connectivity index (χ4v) is 3.21. The molecule has 0 bridgehead atoms. The van der Waals surface area contributed by atoms with E-state index >= 15 is 0 Å². The lowest BCUT2D eigenvalue weighted by atomic mass is 9.96. The van der Waals surface area contributed by atoms with E-state index in [9.17, 15) is 4.79 Å². The Hall–Kier alpha value is -2.80. The van der Waals surface area contributed by atoms with E-state index in [1.54, 1.807) is 24.8 Å². The summed E-state index contributed by atoms with van der Waals surface area (Å²) in [4.78, 5) is 21.3. The van der Waals surface area contributed by atoms with Gasteiger partial charge in [-0.1, -0.05) is 0 Å². The Labute approximate surface area is 145 Å². The first-order valence-corrected chi connectivity index (χ1v) is 8.40. The lowest BCUT2D eigenvalue weighted by molar-refractivity contribution is -0.121. The fourth-order valence-electron chi connectivity index (χ4n) is 3.21. The molecule has 2 atom stereocenters. The lowest BCUT2D eigenvalue weighted by Gasteiger charge is -2.17. The van der Waals surface area contributed by atoms with Gasteiger partial charge in [0.25, 0.3) is 0 Å². The number of amides is 1. The van der Waals surface area contributed by atoms with E-state index < -0.39 is 0 Å². The van der Waals surface area contributed by atoms with E-state index in [-0.39, 0.29) is 17.9 Å². The highest BCUT2D eigenvalue weighted by Gasteiger charge is 2.36. The molecule has 1 aliphatic rings. The number of nitrogens with zero attached hydrogens (tertiary/aromatic N) is 4. The molecule has 3 aromatic rings. The summed E-state index contributed by atoms with van der Waals surface area (Å²) in [6.45, 7) is 3.37. The summed E-state index contributed by atoms with van der Waals surface area (Å²) in [5.41, 5.74) is 0.937. The van der Waals surface area contributed by atoms with Crippen molar-refractivity contribution in [2.75, 3.05) is 11.9 Å². The third kappa shape index (κ3) is 2.98. The number of carbonyl (C=O) groups excluding carboxylic acids is 1. The van der Waals surface area contributed by atoms with Gasteiger partial charge in [0.2, 0.25) is 5.91 Å². The number of aryl methyl sites for hydroxylation is 1. The molecule has 1 saturated heterocycles. The van der Waals surface area contributed by atoms with Crippen LogP contribution in [0, 0.1) is 5.92 Å². The number of rotatable bonds is 4. The van der Waals surface area contributed by atoms with E-state index in [2.05, 4.69) is 20.4 Å². The van der Waals surface area contributed by atoms with Gasteiger partial charge in [-0.15, -0.1) is 0 Å². The molecule has 128 valence electrons. The molecule has 0 unspecified atom stereocenters. The van der Waals surface area contributed by atoms with Gasteiger partial charge in [-0.25, -0.2) is 4.98 Å². The van der Waals surface area contributed by atoms with Gasteiger partial charge in [0.15, 0.2) is 0 Å². The van der Waals surface area contributed by atoms with Crippen LogP contribution < -0.4 is 5.32 Å². The van der Waals surface area contributed by atoms with Crippen molar-refractivity contribution in [3.8, 4) is 0 Å². The highest BCUT2D eigenvalue weighted by Crippen LogP contribution is 2.35. The van der Waals surface area contributed by atoms with Gasteiger partial charge in [-0.05, 0) is 30.9 Å². The number of aromatic nitrogens is 4. The highest BCUT2D eigenvalue weighted by molar-refractivity contribution is 6.01. The van der Waals surface area contributed by atoms with E-state index in [1.807, 2.05) is 29.9 Å². The normalized spacial score (nSPS) is 20.0. The van der Waals surface area contributed by atoms with Crippen LogP contribution in [0.5, 0.6) is 0 Å². The van der Waals surface area contributed by atoms with Crippen LogP contribution in [0.1, 0.15) is 25.0 Å². The lowest BCUT2D eigenvalue weighted by Crippen LogP contribution is -2.25. The number of pyridine rings is 2. The molecule has 1 N–H and O–H groups in total. The monoisotopic (exact) mass is 337 g/mol. The molecule has 1 amide bonds. The first-order chi connectivity index (χ1) is 12.3. The van der Waals surface area contributed by atoms with Crippen molar-refractivity contribution in [3.63, 3.8) is 0 Å². The van der Waals surface area contributed by atoms with Crippen molar-refractivity contribution in [2.45, 2.75) is 26.0 Å². The van der Waals surface area contributed by atoms with Crippen LogP contribution in [0.15, 0.2) is 43.1 Å². The number of nitrogens with one attached hydrogen (secondary N) is 1. The van der Waals surface area contributed by atoms with Crippen LogP contribution in [0.3, 0.4) is 0 Å². The van der Waals surface area contributed by atoms with Crippen molar-refractivity contribution in [2.24, 2.45) is 5.92 Å². The van der Waals surface area contributed by atoms with Gasteiger partial charge in [0.1, 0.15) is 5.82 Å². The number of fused-ring (bicyclic) bond motifs is 1.